The van der Waals surface area contributed by atoms with Gasteiger partial charge in [-0.05, 0) is 35.2 Å². The first-order chi connectivity index (χ1) is 20.8. The van der Waals surface area contributed by atoms with E-state index in [1.807, 2.05) is 54.6 Å². The van der Waals surface area contributed by atoms with Crippen LogP contribution in [0.3, 0.4) is 0 Å². The minimum Gasteiger partial charge on any atom is -0.485 e. The molecule has 2 N–H and O–H groups in total. The average Bonchev–Trinajstić information content (AvgIpc) is 3.02. The van der Waals surface area contributed by atoms with E-state index in [0.29, 0.717) is 5.56 Å². The maximum absolute atomic E-state index is 13.4. The molecule has 0 aromatic heterocycles. The van der Waals surface area contributed by atoms with Crippen molar-refractivity contribution < 1.29 is 42.9 Å². The second-order valence-corrected chi connectivity index (χ2v) is 11.4. The van der Waals surface area contributed by atoms with Crippen LogP contribution in [0.15, 0.2) is 115 Å². The number of carbonyl (C=O) groups excluding carboxylic acids is 2. The Kier molecular flexibility index (Phi) is 11.5. The van der Waals surface area contributed by atoms with Gasteiger partial charge in [0.1, 0.15) is 25.7 Å². The van der Waals surface area contributed by atoms with E-state index < -0.39 is 31.3 Å². The zero-order chi connectivity index (χ0) is 30.5. The molecule has 9 nitrogen and oxygen atoms in total. The van der Waals surface area contributed by atoms with Crippen LogP contribution in [-0.2, 0) is 43.4 Å². The van der Waals surface area contributed by atoms with Crippen molar-refractivity contribution in [1.82, 2.24) is 0 Å². The van der Waals surface area contributed by atoms with E-state index >= 15 is 0 Å². The zero-order valence-electron chi connectivity index (χ0n) is 23.4. The van der Waals surface area contributed by atoms with E-state index in [1.54, 1.807) is 54.6 Å². The summed E-state index contributed by atoms with van der Waals surface area (Å²) in [5.74, 6) is -4.77. The molecule has 0 spiro atoms. The second-order valence-electron chi connectivity index (χ2n) is 9.70. The number of benzene rings is 4. The van der Waals surface area contributed by atoms with Gasteiger partial charge in [-0.3, -0.25) is 14.2 Å². The van der Waals surface area contributed by atoms with Crippen LogP contribution in [-0.4, -0.2) is 27.6 Å². The largest absolute Gasteiger partial charge is 0.485 e. The molecule has 0 bridgehead atoms. The minimum absolute atomic E-state index is 0.0212. The molecule has 0 saturated heterocycles. The highest BCUT2D eigenvalue weighted by Crippen LogP contribution is 2.48. The lowest BCUT2D eigenvalue weighted by Crippen LogP contribution is -2.35. The molecular formula is C33H33O9P. The lowest BCUT2D eigenvalue weighted by Gasteiger charge is -2.27. The van der Waals surface area contributed by atoms with E-state index in [2.05, 4.69) is 0 Å². The van der Waals surface area contributed by atoms with Gasteiger partial charge >= 0.3 is 19.5 Å². The first-order valence-electron chi connectivity index (χ1n) is 13.7. The molecule has 10 heteroatoms. The van der Waals surface area contributed by atoms with E-state index in [-0.39, 0.29) is 44.2 Å². The fraction of sp³-hybridized carbons (Fsp3) is 0.212. The molecule has 0 aliphatic rings. The van der Waals surface area contributed by atoms with Gasteiger partial charge in [0.25, 0.3) is 0 Å². The summed E-state index contributed by atoms with van der Waals surface area (Å²) >= 11 is 0. The zero-order valence-corrected chi connectivity index (χ0v) is 24.3. The molecular weight excluding hydrogens is 571 g/mol. The van der Waals surface area contributed by atoms with Gasteiger partial charge in [0, 0.05) is 6.42 Å². The van der Waals surface area contributed by atoms with Crippen LogP contribution in [0.25, 0.3) is 0 Å². The Morgan fingerprint density at radius 1 is 0.628 bits per heavy atom. The Labute approximate surface area is 250 Å². The first-order valence-corrected chi connectivity index (χ1v) is 15.4. The maximum Gasteiger partial charge on any atom is 0.366 e. The molecule has 2 unspecified atom stereocenters. The molecule has 4 aromatic carbocycles. The van der Waals surface area contributed by atoms with Gasteiger partial charge in [-0.15, -0.1) is 0 Å². The highest BCUT2D eigenvalue weighted by atomic mass is 31.2. The Balaban J connectivity index is 1.52. The van der Waals surface area contributed by atoms with Gasteiger partial charge in [0.15, 0.2) is 11.5 Å². The molecule has 0 aliphatic carbocycles. The van der Waals surface area contributed by atoms with Crippen molar-refractivity contribution in [2.45, 2.75) is 38.5 Å². The Morgan fingerprint density at radius 2 is 1.09 bits per heavy atom. The van der Waals surface area contributed by atoms with Crippen molar-refractivity contribution >= 4 is 19.5 Å². The van der Waals surface area contributed by atoms with Crippen LogP contribution in [0.1, 0.15) is 29.5 Å². The number of esters is 2. The third-order valence-electron chi connectivity index (χ3n) is 6.44. The first kappa shape index (κ1) is 31.5. The van der Waals surface area contributed by atoms with Crippen LogP contribution >= 0.6 is 7.60 Å². The van der Waals surface area contributed by atoms with Gasteiger partial charge in [-0.1, -0.05) is 103 Å². The van der Waals surface area contributed by atoms with Gasteiger partial charge in [-0.25, -0.2) is 0 Å². The highest BCUT2D eigenvalue weighted by molar-refractivity contribution is 7.52. The van der Waals surface area contributed by atoms with Crippen LogP contribution in [0.2, 0.25) is 0 Å². The summed E-state index contributed by atoms with van der Waals surface area (Å²) in [5.41, 5.74) is 2.34. The van der Waals surface area contributed by atoms with Crippen molar-refractivity contribution in [1.29, 1.82) is 0 Å². The van der Waals surface area contributed by atoms with Crippen LogP contribution in [0.4, 0.5) is 0 Å². The molecule has 4 aromatic rings. The summed E-state index contributed by atoms with van der Waals surface area (Å²) in [6.07, 6.45) is -0.589. The smallest absolute Gasteiger partial charge is 0.366 e. The van der Waals surface area contributed by atoms with Crippen molar-refractivity contribution in [2.75, 3.05) is 0 Å². The van der Waals surface area contributed by atoms with Crippen LogP contribution in [0, 0.1) is 5.92 Å². The number of hydrogen-bond donors (Lipinski definition) is 2. The number of ether oxygens (including phenoxy) is 4. The third kappa shape index (κ3) is 10.1. The topological polar surface area (TPSA) is 129 Å². The van der Waals surface area contributed by atoms with E-state index in [4.69, 9.17) is 18.9 Å². The van der Waals surface area contributed by atoms with Gasteiger partial charge in [0.05, 0.1) is 0 Å². The summed E-state index contributed by atoms with van der Waals surface area (Å²) in [5, 5.41) is 0. The van der Waals surface area contributed by atoms with Gasteiger partial charge in [0.2, 0.25) is 5.85 Å². The van der Waals surface area contributed by atoms with E-state index in [0.717, 1.165) is 11.1 Å². The fourth-order valence-corrected chi connectivity index (χ4v) is 5.20. The van der Waals surface area contributed by atoms with Gasteiger partial charge < -0.3 is 28.7 Å². The fourth-order valence-electron chi connectivity index (χ4n) is 4.21. The SMILES string of the molecule is O=C(CCC(C(=O)OCc1ccccc1)C(Oc1ccccc1OCc1ccccc1)P(=O)(O)O)OCc1ccccc1. The summed E-state index contributed by atoms with van der Waals surface area (Å²) in [6, 6.07) is 33.7. The molecule has 0 aliphatic heterocycles. The van der Waals surface area contributed by atoms with E-state index in [9.17, 15) is 23.9 Å². The monoisotopic (exact) mass is 604 g/mol. The molecule has 4 rings (SSSR count). The minimum atomic E-state index is -5.10. The predicted octanol–water partition coefficient (Wildman–Crippen LogP) is 6.03. The maximum atomic E-state index is 13.4. The number of hydrogen-bond acceptors (Lipinski definition) is 7. The molecule has 0 heterocycles. The van der Waals surface area contributed by atoms with Crippen LogP contribution in [0.5, 0.6) is 11.5 Å². The lowest BCUT2D eigenvalue weighted by atomic mass is 10.0. The Morgan fingerprint density at radius 3 is 1.63 bits per heavy atom. The number of carbonyl (C=O) groups is 2. The standard InChI is InChI=1S/C33H33O9P/c34-31(40-23-26-14-6-2-7-15-26)21-20-28(32(35)41-24-27-16-8-3-9-17-27)33(43(36,37)38)42-30-19-11-10-18-29(30)39-22-25-12-4-1-5-13-25/h1-19,28,33H,20-24H2,(H2,36,37,38). The Hall–Kier alpha value is -4.43. The number of para-hydroxylation sites is 2. The molecule has 0 amide bonds. The quantitative estimate of drug-likeness (QED) is 0.123. The van der Waals surface area contributed by atoms with E-state index in [1.165, 1.54) is 6.07 Å². The Bertz CT molecular complexity index is 1490. The van der Waals surface area contributed by atoms with Crippen molar-refractivity contribution in [3.05, 3.63) is 132 Å². The van der Waals surface area contributed by atoms with Crippen molar-refractivity contribution in [3.8, 4) is 11.5 Å². The molecule has 0 radical (unpaired) electrons. The third-order valence-corrected chi connectivity index (χ3v) is 7.57. The molecule has 224 valence electrons. The predicted molar refractivity (Wildman–Crippen MR) is 159 cm³/mol. The van der Waals surface area contributed by atoms with Gasteiger partial charge in [-0.2, -0.15) is 0 Å². The van der Waals surface area contributed by atoms with Crippen LogP contribution < -0.4 is 9.47 Å². The summed E-state index contributed by atoms with van der Waals surface area (Å²) in [6.45, 7) is 0.0736. The van der Waals surface area contributed by atoms with Crippen molar-refractivity contribution in [3.63, 3.8) is 0 Å². The second kappa shape index (κ2) is 15.7. The number of rotatable bonds is 15. The summed E-state index contributed by atoms with van der Waals surface area (Å²) in [4.78, 5) is 46.7. The molecule has 0 fully saturated rings. The summed E-state index contributed by atoms with van der Waals surface area (Å²) < 4.78 is 35.3. The van der Waals surface area contributed by atoms with Crippen molar-refractivity contribution in [2.24, 2.45) is 5.92 Å². The lowest BCUT2D eigenvalue weighted by molar-refractivity contribution is -0.153. The highest BCUT2D eigenvalue weighted by Gasteiger charge is 2.44. The molecule has 0 saturated carbocycles. The molecule has 43 heavy (non-hydrogen) atoms. The summed E-state index contributed by atoms with van der Waals surface area (Å²) in [7, 11) is -5.10. The molecule has 2 atom stereocenters. The average molecular weight is 605 g/mol. The normalized spacial score (nSPS) is 12.5.